The van der Waals surface area contributed by atoms with Crippen LogP contribution >= 0.6 is 23.4 Å². The van der Waals surface area contributed by atoms with Gasteiger partial charge in [-0.05, 0) is 56.0 Å². The quantitative estimate of drug-likeness (QED) is 0.253. The SMILES string of the molecule is CC/C(C)=C/S/C(=N\C)NC(=O)C1=C(C)NC(Nc2nc3ccccc3o2)=NC1c1cc(OC)ccc1Cl. The number of carbonyl (C=O) groups excluding carboxylic acids is 1. The van der Waals surface area contributed by atoms with E-state index < -0.39 is 6.04 Å². The first kappa shape index (κ1) is 27.3. The van der Waals surface area contributed by atoms with E-state index in [0.29, 0.717) is 49.8 Å². The minimum Gasteiger partial charge on any atom is -0.497 e. The third-order valence-corrected chi connectivity index (χ3v) is 7.23. The lowest BCUT2D eigenvalue weighted by molar-refractivity contribution is -0.116. The van der Waals surface area contributed by atoms with Crippen molar-refractivity contribution in [3.63, 3.8) is 0 Å². The number of anilines is 1. The fourth-order valence-corrected chi connectivity index (χ4v) is 4.64. The van der Waals surface area contributed by atoms with Gasteiger partial charge in [0.15, 0.2) is 10.8 Å². The highest BCUT2D eigenvalue weighted by molar-refractivity contribution is 8.16. The largest absolute Gasteiger partial charge is 0.497 e. The average Bonchev–Trinajstić information content (AvgIpc) is 3.32. The van der Waals surface area contributed by atoms with Gasteiger partial charge in [-0.15, -0.1) is 0 Å². The summed E-state index contributed by atoms with van der Waals surface area (Å²) in [5.41, 5.74) is 4.12. The number of nitrogens with zero attached hydrogens (tertiary/aromatic N) is 3. The smallest absolute Gasteiger partial charge is 0.302 e. The van der Waals surface area contributed by atoms with Crippen molar-refractivity contribution in [2.75, 3.05) is 19.5 Å². The standard InChI is InChI=1S/C27H29ClN6O3S/c1-6-15(2)14-38-27(29-4)33-24(35)22-16(3)30-25(34-26-31-20-9-7-8-10-21(20)37-26)32-23(22)18-13-17(36-5)11-12-19(18)28/h7-14,23H,6H2,1-5H3,(H,29,33,35)(H2,30,31,32,34)/b15-14+. The minimum atomic E-state index is -0.748. The van der Waals surface area contributed by atoms with Crippen molar-refractivity contribution >= 4 is 57.5 Å². The van der Waals surface area contributed by atoms with Gasteiger partial charge in [0.2, 0.25) is 5.96 Å². The van der Waals surface area contributed by atoms with Crippen LogP contribution in [0.4, 0.5) is 6.01 Å². The van der Waals surface area contributed by atoms with Crippen LogP contribution in [0, 0.1) is 0 Å². The minimum absolute atomic E-state index is 0.267. The van der Waals surface area contributed by atoms with Crippen LogP contribution in [-0.4, -0.2) is 36.2 Å². The number of allylic oxidation sites excluding steroid dienone is 2. The van der Waals surface area contributed by atoms with E-state index >= 15 is 0 Å². The van der Waals surface area contributed by atoms with Gasteiger partial charge in [0.25, 0.3) is 5.91 Å². The van der Waals surface area contributed by atoms with Gasteiger partial charge in [-0.1, -0.05) is 48.0 Å². The van der Waals surface area contributed by atoms with Crippen molar-refractivity contribution < 1.29 is 13.9 Å². The van der Waals surface area contributed by atoms with Gasteiger partial charge >= 0.3 is 6.01 Å². The number of hydrogen-bond donors (Lipinski definition) is 3. The molecular weight excluding hydrogens is 524 g/mol. The molecule has 4 rings (SSSR count). The highest BCUT2D eigenvalue weighted by Crippen LogP contribution is 2.37. The van der Waals surface area contributed by atoms with E-state index in [9.17, 15) is 4.79 Å². The van der Waals surface area contributed by atoms with Gasteiger partial charge in [0.1, 0.15) is 17.3 Å². The lowest BCUT2D eigenvalue weighted by Gasteiger charge is -2.27. The number of guanidine groups is 1. The highest BCUT2D eigenvalue weighted by atomic mass is 35.5. The molecule has 1 unspecified atom stereocenters. The molecule has 38 heavy (non-hydrogen) atoms. The lowest BCUT2D eigenvalue weighted by atomic mass is 9.95. The average molecular weight is 553 g/mol. The first-order chi connectivity index (χ1) is 18.3. The van der Waals surface area contributed by atoms with E-state index in [4.69, 9.17) is 25.7 Å². The molecule has 0 radical (unpaired) electrons. The van der Waals surface area contributed by atoms with E-state index in [1.807, 2.05) is 36.6 Å². The highest BCUT2D eigenvalue weighted by Gasteiger charge is 2.32. The fraction of sp³-hybridized carbons (Fsp3) is 0.259. The number of thioether (sulfide) groups is 1. The second-order valence-electron chi connectivity index (χ2n) is 8.46. The lowest BCUT2D eigenvalue weighted by Crippen LogP contribution is -2.40. The summed E-state index contributed by atoms with van der Waals surface area (Å²) < 4.78 is 11.2. The Balaban J connectivity index is 1.69. The Bertz CT molecular complexity index is 1440. The zero-order chi connectivity index (χ0) is 27.2. The second kappa shape index (κ2) is 12.2. The molecular formula is C27H29ClN6O3S. The normalized spacial score (nSPS) is 16.3. The number of aromatic nitrogens is 1. The third kappa shape index (κ3) is 6.20. The van der Waals surface area contributed by atoms with E-state index in [1.54, 1.807) is 39.3 Å². The van der Waals surface area contributed by atoms with Crippen LogP contribution in [-0.2, 0) is 4.79 Å². The zero-order valence-electron chi connectivity index (χ0n) is 21.8. The molecule has 2 heterocycles. The Morgan fingerprint density at radius 3 is 2.82 bits per heavy atom. The van der Waals surface area contributed by atoms with Crippen molar-refractivity contribution in [2.24, 2.45) is 9.98 Å². The fourth-order valence-electron chi connectivity index (χ4n) is 3.69. The van der Waals surface area contributed by atoms with Crippen LogP contribution in [0.1, 0.15) is 38.8 Å². The molecule has 0 saturated heterocycles. The molecule has 1 aliphatic heterocycles. The molecule has 0 saturated carbocycles. The maximum absolute atomic E-state index is 13.6. The number of rotatable bonds is 6. The molecule has 3 aromatic rings. The van der Waals surface area contributed by atoms with Crippen molar-refractivity contribution in [2.45, 2.75) is 33.2 Å². The Hall–Kier alpha value is -3.76. The first-order valence-electron chi connectivity index (χ1n) is 11.9. The van der Waals surface area contributed by atoms with Gasteiger partial charge < -0.3 is 19.8 Å². The van der Waals surface area contributed by atoms with Crippen molar-refractivity contribution in [1.29, 1.82) is 0 Å². The summed E-state index contributed by atoms with van der Waals surface area (Å²) in [5, 5.41) is 12.0. The topological polar surface area (TPSA) is 113 Å². The van der Waals surface area contributed by atoms with Crippen LogP contribution in [0.2, 0.25) is 5.02 Å². The number of nitrogens with one attached hydrogen (secondary N) is 3. The van der Waals surface area contributed by atoms with E-state index in [2.05, 4.69) is 32.9 Å². The molecule has 0 aliphatic carbocycles. The molecule has 1 atom stereocenters. The molecule has 198 valence electrons. The molecule has 0 spiro atoms. The van der Waals surface area contributed by atoms with Gasteiger partial charge in [0, 0.05) is 23.3 Å². The summed E-state index contributed by atoms with van der Waals surface area (Å²) in [4.78, 5) is 27.1. The van der Waals surface area contributed by atoms with Gasteiger partial charge in [-0.25, -0.2) is 4.99 Å². The van der Waals surface area contributed by atoms with E-state index in [0.717, 1.165) is 6.42 Å². The van der Waals surface area contributed by atoms with Crippen LogP contribution in [0.15, 0.2) is 79.1 Å². The summed E-state index contributed by atoms with van der Waals surface area (Å²) in [7, 11) is 3.20. The first-order valence-corrected chi connectivity index (χ1v) is 13.2. The molecule has 11 heteroatoms. The summed E-state index contributed by atoms with van der Waals surface area (Å²) in [5.74, 6) is 0.601. The van der Waals surface area contributed by atoms with Crippen molar-refractivity contribution in [3.05, 3.63) is 75.3 Å². The summed E-state index contributed by atoms with van der Waals surface area (Å²) in [6.45, 7) is 5.90. The second-order valence-corrected chi connectivity index (χ2v) is 9.73. The van der Waals surface area contributed by atoms with Crippen molar-refractivity contribution in [1.82, 2.24) is 15.6 Å². The Morgan fingerprint density at radius 2 is 2.11 bits per heavy atom. The predicted molar refractivity (Wildman–Crippen MR) is 155 cm³/mol. The molecule has 0 fully saturated rings. The number of halogens is 1. The summed E-state index contributed by atoms with van der Waals surface area (Å²) >= 11 is 7.97. The number of fused-ring (bicyclic) bond motifs is 1. The Morgan fingerprint density at radius 1 is 1.32 bits per heavy atom. The van der Waals surface area contributed by atoms with Crippen LogP contribution in [0.3, 0.4) is 0 Å². The predicted octanol–water partition coefficient (Wildman–Crippen LogP) is 6.03. The number of oxazole rings is 1. The van der Waals surface area contributed by atoms with Crippen LogP contribution in [0.5, 0.6) is 5.75 Å². The number of amidine groups is 1. The molecule has 1 aromatic heterocycles. The van der Waals surface area contributed by atoms with Gasteiger partial charge in [0.05, 0.1) is 12.7 Å². The van der Waals surface area contributed by atoms with Crippen molar-refractivity contribution in [3.8, 4) is 5.75 Å². The molecule has 0 bridgehead atoms. The van der Waals surface area contributed by atoms with E-state index in [1.165, 1.54) is 17.3 Å². The molecule has 3 N–H and O–H groups in total. The number of para-hydroxylation sites is 2. The number of amides is 1. The zero-order valence-corrected chi connectivity index (χ0v) is 23.3. The summed E-state index contributed by atoms with van der Waals surface area (Å²) in [6.07, 6.45) is 0.910. The number of benzene rings is 2. The maximum Gasteiger partial charge on any atom is 0.302 e. The molecule has 2 aromatic carbocycles. The van der Waals surface area contributed by atoms with E-state index in [-0.39, 0.29) is 11.9 Å². The number of methoxy groups -OCH3 is 1. The third-order valence-electron chi connectivity index (χ3n) is 5.86. The number of carbonyl (C=O) groups is 1. The Labute approximate surface area is 230 Å². The molecule has 1 aliphatic rings. The van der Waals surface area contributed by atoms with Crippen LogP contribution < -0.4 is 20.7 Å². The van der Waals surface area contributed by atoms with Gasteiger partial charge in [-0.3, -0.25) is 15.1 Å². The monoisotopic (exact) mass is 552 g/mol. The molecule has 9 nitrogen and oxygen atoms in total. The van der Waals surface area contributed by atoms with Gasteiger partial charge in [-0.2, -0.15) is 4.98 Å². The Kier molecular flexibility index (Phi) is 8.75. The van der Waals surface area contributed by atoms with Crippen LogP contribution in [0.25, 0.3) is 11.1 Å². The summed E-state index contributed by atoms with van der Waals surface area (Å²) in [6, 6.07) is 12.2. The number of aliphatic imine (C=N–C) groups is 2. The number of hydrogen-bond acceptors (Lipinski definition) is 9. The number of ether oxygens (including phenoxy) is 1. The molecule has 1 amide bonds. The maximum atomic E-state index is 13.6.